The number of aromatic nitrogens is 1. The van der Waals surface area contributed by atoms with Gasteiger partial charge in [-0.2, -0.15) is 0 Å². The Morgan fingerprint density at radius 3 is 2.62 bits per heavy atom. The molecule has 0 saturated carbocycles. The normalized spacial score (nSPS) is 16.3. The Labute approximate surface area is 79.5 Å². The molecule has 0 aliphatic heterocycles. The first-order valence-electron chi connectivity index (χ1n) is 5.00. The highest BCUT2D eigenvalue weighted by molar-refractivity contribution is 5.43. The van der Waals surface area contributed by atoms with Crippen LogP contribution < -0.4 is 5.73 Å². The minimum absolute atomic E-state index is 0.196. The molecule has 3 N–H and O–H groups in total. The Kier molecular flexibility index (Phi) is 1.77. The van der Waals surface area contributed by atoms with Gasteiger partial charge in [-0.05, 0) is 51.2 Å². The van der Waals surface area contributed by atoms with E-state index in [0.717, 1.165) is 0 Å². The van der Waals surface area contributed by atoms with Crippen molar-refractivity contribution in [2.75, 3.05) is 0 Å². The first kappa shape index (κ1) is 8.82. The van der Waals surface area contributed by atoms with Crippen molar-refractivity contribution in [2.24, 2.45) is 5.73 Å². The fourth-order valence-electron chi connectivity index (χ4n) is 2.54. The first-order valence-corrected chi connectivity index (χ1v) is 5.00. The standard InChI is InChI=1S/C11H18N2/c1-7-10(11(2,3)12)8-5-4-6-9(8)13-7/h13H,4-6,12H2,1-3H3. The van der Waals surface area contributed by atoms with Gasteiger partial charge in [0.25, 0.3) is 0 Å². The lowest BCUT2D eigenvalue weighted by Gasteiger charge is -2.20. The van der Waals surface area contributed by atoms with Gasteiger partial charge in [-0.3, -0.25) is 0 Å². The Morgan fingerprint density at radius 2 is 2.00 bits per heavy atom. The van der Waals surface area contributed by atoms with Crippen LogP contribution in [0.3, 0.4) is 0 Å². The molecule has 0 spiro atoms. The zero-order chi connectivity index (χ0) is 9.64. The zero-order valence-corrected chi connectivity index (χ0v) is 8.70. The highest BCUT2D eigenvalue weighted by Crippen LogP contribution is 2.33. The molecule has 2 rings (SSSR count). The zero-order valence-electron chi connectivity index (χ0n) is 8.70. The first-order chi connectivity index (χ1) is 6.00. The lowest BCUT2D eigenvalue weighted by Crippen LogP contribution is -2.30. The maximum absolute atomic E-state index is 6.16. The van der Waals surface area contributed by atoms with Crippen LogP contribution >= 0.6 is 0 Å². The van der Waals surface area contributed by atoms with Crippen molar-refractivity contribution in [3.05, 3.63) is 22.5 Å². The Bertz CT molecular complexity index is 329. The van der Waals surface area contributed by atoms with E-state index in [4.69, 9.17) is 5.73 Å². The van der Waals surface area contributed by atoms with Crippen LogP contribution in [0.2, 0.25) is 0 Å². The SMILES string of the molecule is Cc1[nH]c2c(c1C(C)(C)N)CCC2. The largest absolute Gasteiger partial charge is 0.362 e. The molecule has 0 aromatic carbocycles. The van der Waals surface area contributed by atoms with Crippen LogP contribution in [0.25, 0.3) is 0 Å². The van der Waals surface area contributed by atoms with Crippen LogP contribution in [0.4, 0.5) is 0 Å². The molecular weight excluding hydrogens is 160 g/mol. The third-order valence-electron chi connectivity index (χ3n) is 2.88. The average Bonchev–Trinajstić information content (AvgIpc) is 2.41. The highest BCUT2D eigenvalue weighted by atomic mass is 14.8. The van der Waals surface area contributed by atoms with Gasteiger partial charge in [-0.15, -0.1) is 0 Å². The third-order valence-corrected chi connectivity index (χ3v) is 2.88. The molecule has 0 bridgehead atoms. The molecule has 1 aromatic heterocycles. The summed E-state index contributed by atoms with van der Waals surface area (Å²) < 4.78 is 0. The molecule has 0 unspecified atom stereocenters. The molecule has 2 heteroatoms. The highest BCUT2D eigenvalue weighted by Gasteiger charge is 2.27. The number of fused-ring (bicyclic) bond motifs is 1. The van der Waals surface area contributed by atoms with E-state index in [1.54, 1.807) is 0 Å². The molecule has 1 aliphatic carbocycles. The quantitative estimate of drug-likeness (QED) is 0.678. The molecule has 2 nitrogen and oxygen atoms in total. The van der Waals surface area contributed by atoms with Crippen molar-refractivity contribution in [2.45, 2.75) is 45.6 Å². The van der Waals surface area contributed by atoms with Gasteiger partial charge in [0.1, 0.15) is 0 Å². The van der Waals surface area contributed by atoms with Gasteiger partial charge in [0.15, 0.2) is 0 Å². The Hall–Kier alpha value is -0.760. The molecule has 1 aromatic rings. The lowest BCUT2D eigenvalue weighted by atomic mass is 9.91. The summed E-state index contributed by atoms with van der Waals surface area (Å²) in [5.41, 5.74) is 11.5. The van der Waals surface area contributed by atoms with E-state index in [9.17, 15) is 0 Å². The summed E-state index contributed by atoms with van der Waals surface area (Å²) in [5, 5.41) is 0. The van der Waals surface area contributed by atoms with Gasteiger partial charge in [0, 0.05) is 16.9 Å². The van der Waals surface area contributed by atoms with Gasteiger partial charge in [0.05, 0.1) is 0 Å². The van der Waals surface area contributed by atoms with Crippen molar-refractivity contribution in [1.82, 2.24) is 4.98 Å². The van der Waals surface area contributed by atoms with Crippen molar-refractivity contribution in [1.29, 1.82) is 0 Å². The van der Waals surface area contributed by atoms with Crippen LogP contribution in [0, 0.1) is 6.92 Å². The third kappa shape index (κ3) is 1.29. The number of nitrogens with one attached hydrogen (secondary N) is 1. The van der Waals surface area contributed by atoms with E-state index < -0.39 is 0 Å². The van der Waals surface area contributed by atoms with Gasteiger partial charge >= 0.3 is 0 Å². The molecule has 1 aliphatic rings. The molecule has 1 heterocycles. The van der Waals surface area contributed by atoms with E-state index in [-0.39, 0.29) is 5.54 Å². The van der Waals surface area contributed by atoms with Gasteiger partial charge in [-0.25, -0.2) is 0 Å². The van der Waals surface area contributed by atoms with Crippen molar-refractivity contribution >= 4 is 0 Å². The summed E-state index contributed by atoms with van der Waals surface area (Å²) in [5.74, 6) is 0. The van der Waals surface area contributed by atoms with E-state index in [1.165, 1.54) is 41.8 Å². The topological polar surface area (TPSA) is 41.8 Å². The summed E-state index contributed by atoms with van der Waals surface area (Å²) >= 11 is 0. The number of aromatic amines is 1. The number of nitrogens with two attached hydrogens (primary N) is 1. The van der Waals surface area contributed by atoms with Crippen LogP contribution in [0.1, 0.15) is 42.8 Å². The van der Waals surface area contributed by atoms with E-state index in [2.05, 4.69) is 25.8 Å². The number of hydrogen-bond donors (Lipinski definition) is 2. The Balaban J connectivity index is 2.56. The van der Waals surface area contributed by atoms with Gasteiger partial charge in [0.2, 0.25) is 0 Å². The smallest absolute Gasteiger partial charge is 0.0373 e. The monoisotopic (exact) mass is 178 g/mol. The second-order valence-electron chi connectivity index (χ2n) is 4.66. The molecule has 0 radical (unpaired) electrons. The van der Waals surface area contributed by atoms with Crippen LogP contribution in [-0.4, -0.2) is 4.98 Å². The summed E-state index contributed by atoms with van der Waals surface area (Å²) in [4.78, 5) is 3.45. The van der Waals surface area contributed by atoms with Crippen LogP contribution in [0.15, 0.2) is 0 Å². The second-order valence-corrected chi connectivity index (χ2v) is 4.66. The predicted molar refractivity (Wildman–Crippen MR) is 54.8 cm³/mol. The number of aryl methyl sites for hydroxylation is 2. The second kappa shape index (κ2) is 2.61. The maximum Gasteiger partial charge on any atom is 0.0373 e. The predicted octanol–water partition coefficient (Wildman–Crippen LogP) is 2.01. The van der Waals surface area contributed by atoms with Crippen LogP contribution in [0.5, 0.6) is 0 Å². The summed E-state index contributed by atoms with van der Waals surface area (Å²) in [7, 11) is 0. The summed E-state index contributed by atoms with van der Waals surface area (Å²) in [6, 6.07) is 0. The Morgan fingerprint density at radius 1 is 1.31 bits per heavy atom. The van der Waals surface area contributed by atoms with Crippen LogP contribution in [-0.2, 0) is 18.4 Å². The average molecular weight is 178 g/mol. The summed E-state index contributed by atoms with van der Waals surface area (Å²) in [6.07, 6.45) is 3.69. The fourth-order valence-corrected chi connectivity index (χ4v) is 2.54. The van der Waals surface area contributed by atoms with E-state index in [0.29, 0.717) is 0 Å². The van der Waals surface area contributed by atoms with Gasteiger partial charge in [-0.1, -0.05) is 0 Å². The molecular formula is C11H18N2. The maximum atomic E-state index is 6.16. The molecule has 13 heavy (non-hydrogen) atoms. The van der Waals surface area contributed by atoms with Crippen molar-refractivity contribution < 1.29 is 0 Å². The van der Waals surface area contributed by atoms with Crippen molar-refractivity contribution in [3.63, 3.8) is 0 Å². The molecule has 0 amide bonds. The molecule has 0 fully saturated rings. The molecule has 0 atom stereocenters. The lowest BCUT2D eigenvalue weighted by molar-refractivity contribution is 0.545. The fraction of sp³-hybridized carbons (Fsp3) is 0.636. The number of hydrogen-bond acceptors (Lipinski definition) is 1. The number of H-pyrrole nitrogens is 1. The van der Waals surface area contributed by atoms with E-state index in [1.807, 2.05) is 0 Å². The minimum atomic E-state index is -0.196. The van der Waals surface area contributed by atoms with Crippen molar-refractivity contribution in [3.8, 4) is 0 Å². The molecule has 72 valence electrons. The summed E-state index contributed by atoms with van der Waals surface area (Å²) in [6.45, 7) is 6.30. The van der Waals surface area contributed by atoms with E-state index >= 15 is 0 Å². The molecule has 0 saturated heterocycles. The van der Waals surface area contributed by atoms with Gasteiger partial charge < -0.3 is 10.7 Å². The minimum Gasteiger partial charge on any atom is -0.362 e. The number of rotatable bonds is 1.